The summed E-state index contributed by atoms with van der Waals surface area (Å²) in [5, 5.41) is 11.5. The van der Waals surface area contributed by atoms with E-state index in [0.29, 0.717) is 22.6 Å². The number of hydrogen-bond acceptors (Lipinski definition) is 4. The Morgan fingerprint density at radius 1 is 1.43 bits per heavy atom. The van der Waals surface area contributed by atoms with Gasteiger partial charge in [-0.15, -0.1) is 0 Å². The third-order valence-electron chi connectivity index (χ3n) is 2.68. The maximum Gasteiger partial charge on any atom is 0.257 e. The predicted molar refractivity (Wildman–Crippen MR) is 79.1 cm³/mol. The third-order valence-corrected chi connectivity index (χ3v) is 2.68. The largest absolute Gasteiger partial charge is 0.495 e. The van der Waals surface area contributed by atoms with Gasteiger partial charge in [0.2, 0.25) is 0 Å². The smallest absolute Gasteiger partial charge is 0.257 e. The Bertz CT molecular complexity index is 688. The molecule has 0 saturated heterocycles. The highest BCUT2D eigenvalue weighted by Crippen LogP contribution is 2.25. The van der Waals surface area contributed by atoms with Gasteiger partial charge in [0, 0.05) is 18.0 Å². The van der Waals surface area contributed by atoms with Crippen molar-refractivity contribution in [1.29, 1.82) is 0 Å². The van der Waals surface area contributed by atoms with Gasteiger partial charge in [0.05, 0.1) is 18.4 Å². The Kier molecular flexibility index (Phi) is 4.91. The van der Waals surface area contributed by atoms with Crippen LogP contribution in [0.2, 0.25) is 0 Å². The van der Waals surface area contributed by atoms with Crippen molar-refractivity contribution >= 4 is 11.6 Å². The summed E-state index contributed by atoms with van der Waals surface area (Å²) in [4.78, 5) is 16.0. The standard InChI is InChI=1S/C16H14N2O3/c1-21-15-7-6-12(4-3-9-19)10-14(15)18-16(20)13-5-2-8-17-11-13/h2,5-8,10-11,19H,9H2,1H3,(H,18,20). The van der Waals surface area contributed by atoms with Crippen LogP contribution >= 0.6 is 0 Å². The van der Waals surface area contributed by atoms with Crippen molar-refractivity contribution in [3.05, 3.63) is 53.9 Å². The average Bonchev–Trinajstić information content (AvgIpc) is 2.54. The molecule has 0 bridgehead atoms. The summed E-state index contributed by atoms with van der Waals surface area (Å²) in [5.41, 5.74) is 1.63. The number of ether oxygens (including phenoxy) is 1. The quantitative estimate of drug-likeness (QED) is 0.840. The normalized spacial score (nSPS) is 9.43. The fourth-order valence-electron chi connectivity index (χ4n) is 1.72. The highest BCUT2D eigenvalue weighted by molar-refractivity contribution is 6.04. The molecule has 1 aromatic carbocycles. The van der Waals surface area contributed by atoms with Gasteiger partial charge in [-0.2, -0.15) is 0 Å². The Morgan fingerprint density at radius 2 is 2.29 bits per heavy atom. The number of carbonyl (C=O) groups excluding carboxylic acids is 1. The van der Waals surface area contributed by atoms with Crippen LogP contribution in [-0.2, 0) is 0 Å². The summed E-state index contributed by atoms with van der Waals surface area (Å²) in [6.45, 7) is -0.219. The van der Waals surface area contributed by atoms with Gasteiger partial charge >= 0.3 is 0 Å². The van der Waals surface area contributed by atoms with Gasteiger partial charge < -0.3 is 15.2 Å². The lowest BCUT2D eigenvalue weighted by molar-refractivity contribution is 0.102. The van der Waals surface area contributed by atoms with Crippen molar-refractivity contribution in [2.45, 2.75) is 0 Å². The Labute approximate surface area is 122 Å². The van der Waals surface area contributed by atoms with Crippen LogP contribution < -0.4 is 10.1 Å². The average molecular weight is 282 g/mol. The number of hydrogen-bond donors (Lipinski definition) is 2. The predicted octanol–water partition coefficient (Wildman–Crippen LogP) is 1.69. The van der Waals surface area contributed by atoms with Gasteiger partial charge in [0.1, 0.15) is 12.4 Å². The van der Waals surface area contributed by atoms with Crippen molar-refractivity contribution in [2.75, 3.05) is 19.0 Å². The molecule has 1 heterocycles. The van der Waals surface area contributed by atoms with E-state index in [4.69, 9.17) is 9.84 Å². The molecule has 0 saturated carbocycles. The SMILES string of the molecule is COc1ccc(C#CCO)cc1NC(=O)c1cccnc1. The molecular weight excluding hydrogens is 268 g/mol. The molecule has 0 aliphatic heterocycles. The minimum Gasteiger partial charge on any atom is -0.495 e. The van der Waals surface area contributed by atoms with Crippen LogP contribution in [-0.4, -0.2) is 29.7 Å². The van der Waals surface area contributed by atoms with Gasteiger partial charge in [-0.25, -0.2) is 0 Å². The second kappa shape index (κ2) is 7.08. The number of pyridine rings is 1. The van der Waals surface area contributed by atoms with E-state index in [1.807, 2.05) is 0 Å². The van der Waals surface area contributed by atoms with Crippen molar-refractivity contribution in [3.8, 4) is 17.6 Å². The second-order valence-electron chi connectivity index (χ2n) is 4.07. The number of carbonyl (C=O) groups is 1. The molecule has 0 aliphatic rings. The minimum absolute atomic E-state index is 0.219. The number of nitrogens with one attached hydrogen (secondary N) is 1. The Hall–Kier alpha value is -2.84. The molecule has 0 fully saturated rings. The minimum atomic E-state index is -0.284. The molecule has 0 aliphatic carbocycles. The van der Waals surface area contributed by atoms with Crippen molar-refractivity contribution in [2.24, 2.45) is 0 Å². The summed E-state index contributed by atoms with van der Waals surface area (Å²) >= 11 is 0. The molecule has 1 aromatic heterocycles. The summed E-state index contributed by atoms with van der Waals surface area (Å²) < 4.78 is 5.21. The molecule has 21 heavy (non-hydrogen) atoms. The van der Waals surface area contributed by atoms with Gasteiger partial charge in [-0.3, -0.25) is 9.78 Å². The second-order valence-corrected chi connectivity index (χ2v) is 4.07. The highest BCUT2D eigenvalue weighted by Gasteiger charge is 2.10. The van der Waals surface area contributed by atoms with E-state index in [2.05, 4.69) is 22.1 Å². The molecule has 2 aromatic rings. The molecule has 5 nitrogen and oxygen atoms in total. The van der Waals surface area contributed by atoms with E-state index in [1.165, 1.54) is 13.3 Å². The number of benzene rings is 1. The van der Waals surface area contributed by atoms with E-state index in [0.717, 1.165) is 0 Å². The number of aromatic nitrogens is 1. The molecule has 0 radical (unpaired) electrons. The van der Waals surface area contributed by atoms with Crippen LogP contribution in [0, 0.1) is 11.8 Å². The molecule has 0 spiro atoms. The lowest BCUT2D eigenvalue weighted by atomic mass is 10.1. The van der Waals surface area contributed by atoms with E-state index >= 15 is 0 Å². The van der Waals surface area contributed by atoms with Gasteiger partial charge in [0.25, 0.3) is 5.91 Å². The van der Waals surface area contributed by atoms with Gasteiger partial charge in [0.15, 0.2) is 0 Å². The molecule has 2 rings (SSSR count). The van der Waals surface area contributed by atoms with Crippen LogP contribution in [0.1, 0.15) is 15.9 Å². The first-order valence-corrected chi connectivity index (χ1v) is 6.23. The number of aliphatic hydroxyl groups is 1. The topological polar surface area (TPSA) is 71.5 Å². The maximum absolute atomic E-state index is 12.1. The summed E-state index contributed by atoms with van der Waals surface area (Å²) in [5.74, 6) is 5.58. The first kappa shape index (κ1) is 14.6. The molecule has 0 unspecified atom stereocenters. The van der Waals surface area contributed by atoms with Gasteiger partial charge in [-0.1, -0.05) is 11.8 Å². The third kappa shape index (κ3) is 3.81. The lowest BCUT2D eigenvalue weighted by Gasteiger charge is -2.10. The van der Waals surface area contributed by atoms with Crippen molar-refractivity contribution < 1.29 is 14.6 Å². The zero-order valence-corrected chi connectivity index (χ0v) is 11.5. The number of anilines is 1. The van der Waals surface area contributed by atoms with E-state index in [-0.39, 0.29) is 12.5 Å². The van der Waals surface area contributed by atoms with Crippen LogP contribution in [0.5, 0.6) is 5.75 Å². The van der Waals surface area contributed by atoms with Crippen LogP contribution in [0.4, 0.5) is 5.69 Å². The molecule has 106 valence electrons. The van der Waals surface area contributed by atoms with Crippen molar-refractivity contribution in [3.63, 3.8) is 0 Å². The number of methoxy groups -OCH3 is 1. The number of aliphatic hydroxyl groups excluding tert-OH is 1. The monoisotopic (exact) mass is 282 g/mol. The molecule has 2 N–H and O–H groups in total. The Morgan fingerprint density at radius 3 is 2.95 bits per heavy atom. The first-order chi connectivity index (χ1) is 10.2. The molecule has 0 atom stereocenters. The molecule has 5 heteroatoms. The summed E-state index contributed by atoms with van der Waals surface area (Å²) in [6, 6.07) is 8.51. The summed E-state index contributed by atoms with van der Waals surface area (Å²) in [6.07, 6.45) is 3.08. The first-order valence-electron chi connectivity index (χ1n) is 6.23. The van der Waals surface area contributed by atoms with Crippen LogP contribution in [0.25, 0.3) is 0 Å². The lowest BCUT2D eigenvalue weighted by Crippen LogP contribution is -2.13. The highest BCUT2D eigenvalue weighted by atomic mass is 16.5. The molecular formula is C16H14N2O3. The maximum atomic E-state index is 12.1. The number of rotatable bonds is 3. The zero-order valence-electron chi connectivity index (χ0n) is 11.5. The fourth-order valence-corrected chi connectivity index (χ4v) is 1.72. The van der Waals surface area contributed by atoms with E-state index in [1.54, 1.807) is 36.5 Å². The number of nitrogens with zero attached hydrogens (tertiary/aromatic N) is 1. The zero-order chi connectivity index (χ0) is 15.1. The molecule has 1 amide bonds. The van der Waals surface area contributed by atoms with Crippen LogP contribution in [0.3, 0.4) is 0 Å². The van der Waals surface area contributed by atoms with Crippen molar-refractivity contribution in [1.82, 2.24) is 4.98 Å². The fraction of sp³-hybridized carbons (Fsp3) is 0.125. The van der Waals surface area contributed by atoms with Crippen LogP contribution in [0.15, 0.2) is 42.7 Å². The van der Waals surface area contributed by atoms with E-state index < -0.39 is 0 Å². The Balaban J connectivity index is 2.27. The van der Waals surface area contributed by atoms with Gasteiger partial charge in [-0.05, 0) is 30.3 Å². The number of amides is 1. The summed E-state index contributed by atoms with van der Waals surface area (Å²) in [7, 11) is 1.52. The van der Waals surface area contributed by atoms with E-state index in [9.17, 15) is 4.79 Å².